The monoisotopic (exact) mass is 263 g/mol. The highest BCUT2D eigenvalue weighted by molar-refractivity contribution is 5.74. The van der Waals surface area contributed by atoms with Crippen molar-refractivity contribution in [2.45, 2.75) is 12.7 Å². The molecular weight excluding hydrogens is 251 g/mol. The number of aromatic hydroxyl groups is 1. The van der Waals surface area contributed by atoms with E-state index in [0.29, 0.717) is 11.3 Å². The molecule has 0 aliphatic carbocycles. The number of amides is 2. The summed E-state index contributed by atoms with van der Waals surface area (Å²) in [6, 6.07) is 3.23. The van der Waals surface area contributed by atoms with E-state index in [0.717, 1.165) is 0 Å². The van der Waals surface area contributed by atoms with E-state index in [2.05, 4.69) is 5.32 Å². The minimum Gasteiger partial charge on any atom is -0.508 e. The Labute approximate surface area is 101 Å². The maximum absolute atomic E-state index is 11.8. The van der Waals surface area contributed by atoms with Crippen LogP contribution in [0.25, 0.3) is 0 Å². The Balaban J connectivity index is 2.45. The standard InChI is InChI=1S/C10H12F3N3O2/c11-10(12,13)5-16-9(18)15-4-6-3-7(14)1-2-8(6)17/h1-3,17H,4-5,14H2,(H2,15,16,18). The second kappa shape index (κ2) is 5.48. The number of phenols is 1. The molecule has 0 bridgehead atoms. The van der Waals surface area contributed by atoms with Crippen molar-refractivity contribution in [3.8, 4) is 5.75 Å². The largest absolute Gasteiger partial charge is 0.508 e. The van der Waals surface area contributed by atoms with Crippen molar-refractivity contribution in [2.24, 2.45) is 0 Å². The summed E-state index contributed by atoms with van der Waals surface area (Å²) in [5.41, 5.74) is 6.15. The molecule has 1 rings (SSSR count). The lowest BCUT2D eigenvalue weighted by atomic mass is 10.2. The Morgan fingerprint density at radius 2 is 2.00 bits per heavy atom. The molecule has 8 heteroatoms. The van der Waals surface area contributed by atoms with Gasteiger partial charge in [-0.05, 0) is 18.2 Å². The summed E-state index contributed by atoms with van der Waals surface area (Å²) < 4.78 is 35.4. The van der Waals surface area contributed by atoms with Gasteiger partial charge in [0.2, 0.25) is 0 Å². The number of carbonyl (C=O) groups excluding carboxylic acids is 1. The number of rotatable bonds is 3. The van der Waals surface area contributed by atoms with Crippen molar-refractivity contribution in [3.63, 3.8) is 0 Å². The van der Waals surface area contributed by atoms with Crippen LogP contribution in [0.15, 0.2) is 18.2 Å². The molecule has 2 amide bonds. The third-order valence-corrected chi connectivity index (χ3v) is 1.99. The van der Waals surface area contributed by atoms with Crippen LogP contribution in [-0.4, -0.2) is 23.9 Å². The third-order valence-electron chi connectivity index (χ3n) is 1.99. The number of phenolic OH excluding ortho intramolecular Hbond substituents is 1. The number of benzene rings is 1. The summed E-state index contributed by atoms with van der Waals surface area (Å²) in [5.74, 6) is -0.0969. The summed E-state index contributed by atoms with van der Waals surface area (Å²) in [6.07, 6.45) is -4.46. The Hall–Kier alpha value is -2.12. The number of carbonyl (C=O) groups is 1. The van der Waals surface area contributed by atoms with Gasteiger partial charge in [-0.25, -0.2) is 4.79 Å². The fraction of sp³-hybridized carbons (Fsp3) is 0.300. The Morgan fingerprint density at radius 3 is 2.61 bits per heavy atom. The van der Waals surface area contributed by atoms with Crippen molar-refractivity contribution in [2.75, 3.05) is 12.3 Å². The van der Waals surface area contributed by atoms with E-state index in [9.17, 15) is 23.1 Å². The number of nitrogens with two attached hydrogens (primary N) is 1. The van der Waals surface area contributed by atoms with E-state index >= 15 is 0 Å². The minimum atomic E-state index is -4.46. The predicted molar refractivity (Wildman–Crippen MR) is 58.8 cm³/mol. The maximum atomic E-state index is 11.8. The van der Waals surface area contributed by atoms with Crippen LogP contribution in [-0.2, 0) is 6.54 Å². The van der Waals surface area contributed by atoms with Crippen molar-refractivity contribution >= 4 is 11.7 Å². The Bertz CT molecular complexity index is 435. The van der Waals surface area contributed by atoms with E-state index in [-0.39, 0.29) is 12.3 Å². The first-order valence-corrected chi connectivity index (χ1v) is 4.94. The average molecular weight is 263 g/mol. The minimum absolute atomic E-state index is 0.0969. The number of halogens is 3. The van der Waals surface area contributed by atoms with Gasteiger partial charge in [-0.3, -0.25) is 0 Å². The van der Waals surface area contributed by atoms with Crippen molar-refractivity contribution in [1.82, 2.24) is 10.6 Å². The third kappa shape index (κ3) is 4.81. The van der Waals surface area contributed by atoms with Crippen LogP contribution in [0.2, 0.25) is 0 Å². The van der Waals surface area contributed by atoms with Crippen molar-refractivity contribution < 1.29 is 23.1 Å². The van der Waals surface area contributed by atoms with Gasteiger partial charge in [0.05, 0.1) is 0 Å². The van der Waals surface area contributed by atoms with Crippen LogP contribution < -0.4 is 16.4 Å². The van der Waals surface area contributed by atoms with Gasteiger partial charge in [0.25, 0.3) is 0 Å². The van der Waals surface area contributed by atoms with Gasteiger partial charge in [-0.2, -0.15) is 13.2 Å². The molecule has 0 aliphatic heterocycles. The molecule has 5 nitrogen and oxygen atoms in total. The molecular formula is C10H12F3N3O2. The van der Waals surface area contributed by atoms with Gasteiger partial charge in [-0.1, -0.05) is 0 Å². The summed E-state index contributed by atoms with van der Waals surface area (Å²) in [6.45, 7) is -1.54. The fourth-order valence-electron chi connectivity index (χ4n) is 1.17. The lowest BCUT2D eigenvalue weighted by Crippen LogP contribution is -2.40. The molecule has 0 radical (unpaired) electrons. The van der Waals surface area contributed by atoms with Crippen LogP contribution in [0, 0.1) is 0 Å². The molecule has 1 aromatic rings. The van der Waals surface area contributed by atoms with E-state index in [1.165, 1.54) is 18.2 Å². The van der Waals surface area contributed by atoms with Crippen molar-refractivity contribution in [3.05, 3.63) is 23.8 Å². The van der Waals surface area contributed by atoms with Gasteiger partial charge >= 0.3 is 12.2 Å². The van der Waals surface area contributed by atoms with Gasteiger partial charge in [0.15, 0.2) is 0 Å². The molecule has 0 atom stereocenters. The molecule has 0 aromatic heterocycles. The van der Waals surface area contributed by atoms with Crippen LogP contribution in [0.3, 0.4) is 0 Å². The average Bonchev–Trinajstić information content (AvgIpc) is 2.26. The van der Waals surface area contributed by atoms with Crippen LogP contribution in [0.5, 0.6) is 5.75 Å². The number of hydrogen-bond donors (Lipinski definition) is 4. The molecule has 1 aromatic carbocycles. The molecule has 0 heterocycles. The number of nitrogens with one attached hydrogen (secondary N) is 2. The van der Waals surface area contributed by atoms with E-state index in [1.807, 2.05) is 0 Å². The lowest BCUT2D eigenvalue weighted by Gasteiger charge is -2.10. The molecule has 5 N–H and O–H groups in total. The zero-order chi connectivity index (χ0) is 13.8. The SMILES string of the molecule is Nc1ccc(O)c(CNC(=O)NCC(F)(F)F)c1. The number of urea groups is 1. The topological polar surface area (TPSA) is 87.4 Å². The smallest absolute Gasteiger partial charge is 0.405 e. The molecule has 0 saturated heterocycles. The summed E-state index contributed by atoms with van der Waals surface area (Å²) in [7, 11) is 0. The highest BCUT2D eigenvalue weighted by Crippen LogP contribution is 2.19. The van der Waals surface area contributed by atoms with E-state index in [4.69, 9.17) is 5.73 Å². The summed E-state index contributed by atoms with van der Waals surface area (Å²) >= 11 is 0. The first kappa shape index (κ1) is 13.9. The second-order valence-electron chi connectivity index (χ2n) is 3.54. The van der Waals surface area contributed by atoms with E-state index in [1.54, 1.807) is 5.32 Å². The highest BCUT2D eigenvalue weighted by Gasteiger charge is 2.27. The zero-order valence-corrected chi connectivity index (χ0v) is 9.21. The van der Waals surface area contributed by atoms with Gasteiger partial charge < -0.3 is 21.5 Å². The number of anilines is 1. The zero-order valence-electron chi connectivity index (χ0n) is 9.21. The molecule has 0 unspecified atom stereocenters. The second-order valence-corrected chi connectivity index (χ2v) is 3.54. The highest BCUT2D eigenvalue weighted by atomic mass is 19.4. The van der Waals surface area contributed by atoms with Gasteiger partial charge in [0.1, 0.15) is 12.3 Å². The van der Waals surface area contributed by atoms with Crippen LogP contribution in [0.1, 0.15) is 5.56 Å². The first-order valence-electron chi connectivity index (χ1n) is 4.94. The summed E-state index contributed by atoms with van der Waals surface area (Å²) in [4.78, 5) is 11.0. The van der Waals surface area contributed by atoms with Crippen LogP contribution >= 0.6 is 0 Å². The van der Waals surface area contributed by atoms with Crippen molar-refractivity contribution in [1.29, 1.82) is 0 Å². The molecule has 0 aliphatic rings. The number of hydrogen-bond acceptors (Lipinski definition) is 3. The summed E-state index contributed by atoms with van der Waals surface area (Å²) in [5, 5.41) is 13.2. The molecule has 0 saturated carbocycles. The lowest BCUT2D eigenvalue weighted by molar-refractivity contribution is -0.122. The normalized spacial score (nSPS) is 11.1. The first-order chi connectivity index (χ1) is 8.28. The maximum Gasteiger partial charge on any atom is 0.405 e. The van der Waals surface area contributed by atoms with Gasteiger partial charge in [0, 0.05) is 17.8 Å². The molecule has 100 valence electrons. The van der Waals surface area contributed by atoms with E-state index < -0.39 is 18.8 Å². The van der Waals surface area contributed by atoms with Crippen LogP contribution in [0.4, 0.5) is 23.7 Å². The molecule has 18 heavy (non-hydrogen) atoms. The Kier molecular flexibility index (Phi) is 4.24. The molecule has 0 fully saturated rings. The van der Waals surface area contributed by atoms with Gasteiger partial charge in [-0.15, -0.1) is 0 Å². The fourth-order valence-corrected chi connectivity index (χ4v) is 1.17. The molecule has 0 spiro atoms. The Morgan fingerprint density at radius 1 is 1.33 bits per heavy atom. The number of alkyl halides is 3. The predicted octanol–water partition coefficient (Wildman–Crippen LogP) is 1.34. The number of nitrogen functional groups attached to an aromatic ring is 1. The quantitative estimate of drug-likeness (QED) is 0.490.